The van der Waals surface area contributed by atoms with Gasteiger partial charge in [0, 0.05) is 0 Å². The van der Waals surface area contributed by atoms with E-state index in [-0.39, 0.29) is 27.5 Å². The predicted octanol–water partition coefficient (Wildman–Crippen LogP) is 2.24. The molecular formula is C10H21InO2. The van der Waals surface area contributed by atoms with Crippen LogP contribution in [0.2, 0.25) is 3.17 Å². The molecule has 0 bridgehead atoms. The van der Waals surface area contributed by atoms with Crippen LogP contribution < -0.4 is 0 Å². The zero-order chi connectivity index (χ0) is 10.3. The van der Waals surface area contributed by atoms with Crippen molar-refractivity contribution in [1.29, 1.82) is 0 Å². The molecule has 0 saturated heterocycles. The van der Waals surface area contributed by atoms with E-state index >= 15 is 0 Å². The number of hydrogen-bond donors (Lipinski definition) is 1. The van der Waals surface area contributed by atoms with Gasteiger partial charge in [-0.3, -0.25) is 0 Å². The van der Waals surface area contributed by atoms with E-state index in [1.165, 1.54) is 0 Å². The monoisotopic (exact) mass is 288 g/mol. The van der Waals surface area contributed by atoms with Gasteiger partial charge in [0.05, 0.1) is 0 Å². The van der Waals surface area contributed by atoms with E-state index in [1.54, 1.807) is 0 Å². The summed E-state index contributed by atoms with van der Waals surface area (Å²) in [5.74, 6) is -0.537. The molecule has 13 heavy (non-hydrogen) atoms. The molecule has 0 aliphatic carbocycles. The summed E-state index contributed by atoms with van der Waals surface area (Å²) < 4.78 is -0.270. The van der Waals surface area contributed by atoms with Crippen LogP contribution in [0.15, 0.2) is 0 Å². The van der Waals surface area contributed by atoms with Crippen LogP contribution in [0.3, 0.4) is 0 Å². The van der Waals surface area contributed by atoms with Gasteiger partial charge in [-0.25, -0.2) is 0 Å². The Labute approximate surface area is 95.7 Å². The van der Waals surface area contributed by atoms with Gasteiger partial charge in [0.2, 0.25) is 0 Å². The van der Waals surface area contributed by atoms with Crippen LogP contribution in [0.25, 0.3) is 0 Å². The van der Waals surface area contributed by atoms with E-state index in [9.17, 15) is 4.79 Å². The summed E-state index contributed by atoms with van der Waals surface area (Å²) in [6.45, 7) is 4.25. The van der Waals surface area contributed by atoms with Crippen LogP contribution in [-0.4, -0.2) is 35.5 Å². The van der Waals surface area contributed by atoms with E-state index in [4.69, 9.17) is 5.11 Å². The van der Waals surface area contributed by atoms with Gasteiger partial charge in [-0.1, -0.05) is 0 Å². The standard InChI is InChI=1S/C10H19O2.In.2H/c1-3-5-7-9(10(11)12)8-6-4-2;;;/h3-8H2,1-2H3,(H,11,12);;;. The predicted molar refractivity (Wildman–Crippen MR) is 57.9 cm³/mol. The Morgan fingerprint density at radius 3 is 1.85 bits per heavy atom. The summed E-state index contributed by atoms with van der Waals surface area (Å²) in [4.78, 5) is 11.1. The third kappa shape index (κ3) is 4.94. The SMILES string of the molecule is CCCC[C]([InH2])(CCCC)C(=O)O. The average Bonchev–Trinajstić information content (AvgIpc) is 2.11. The van der Waals surface area contributed by atoms with Gasteiger partial charge in [0.25, 0.3) is 0 Å². The van der Waals surface area contributed by atoms with Crippen LogP contribution in [0.5, 0.6) is 0 Å². The summed E-state index contributed by atoms with van der Waals surface area (Å²) >= 11 is 0.222. The zero-order valence-electron chi connectivity index (χ0n) is 9.10. The summed E-state index contributed by atoms with van der Waals surface area (Å²) in [5.41, 5.74) is 0. The molecular weight excluding hydrogens is 267 g/mol. The molecule has 0 amide bonds. The molecule has 2 nitrogen and oxygen atoms in total. The summed E-state index contributed by atoms with van der Waals surface area (Å²) in [5, 5.41) is 9.14. The van der Waals surface area contributed by atoms with Crippen molar-refractivity contribution in [3.05, 3.63) is 0 Å². The number of carbonyl (C=O) groups is 1. The van der Waals surface area contributed by atoms with Gasteiger partial charge in [0.1, 0.15) is 0 Å². The van der Waals surface area contributed by atoms with Crippen molar-refractivity contribution in [1.82, 2.24) is 0 Å². The molecule has 0 fully saturated rings. The van der Waals surface area contributed by atoms with Crippen molar-refractivity contribution in [2.75, 3.05) is 0 Å². The van der Waals surface area contributed by atoms with Crippen LogP contribution in [0.1, 0.15) is 52.4 Å². The van der Waals surface area contributed by atoms with Crippen molar-refractivity contribution >= 4 is 30.3 Å². The summed E-state index contributed by atoms with van der Waals surface area (Å²) in [6, 6.07) is 0. The maximum atomic E-state index is 11.1. The molecule has 0 saturated carbocycles. The first-order valence-electron chi connectivity index (χ1n) is 5.30. The number of rotatable bonds is 7. The first-order chi connectivity index (χ1) is 6.06. The molecule has 0 aromatic heterocycles. The fourth-order valence-corrected chi connectivity index (χ4v) is 3.49. The topological polar surface area (TPSA) is 37.3 Å². The minimum atomic E-state index is -0.537. The second-order valence-electron chi connectivity index (χ2n) is 4.07. The minimum absolute atomic E-state index is 0.222. The molecule has 0 atom stereocenters. The molecule has 0 unspecified atom stereocenters. The second kappa shape index (κ2) is 6.74. The van der Waals surface area contributed by atoms with Crippen LogP contribution in [0, 0.1) is 0 Å². The van der Waals surface area contributed by atoms with Gasteiger partial charge in [-0.15, -0.1) is 0 Å². The van der Waals surface area contributed by atoms with Crippen molar-refractivity contribution in [2.45, 2.75) is 55.5 Å². The van der Waals surface area contributed by atoms with Crippen LogP contribution in [0.4, 0.5) is 0 Å². The Hall–Kier alpha value is 0.340. The Morgan fingerprint density at radius 2 is 1.62 bits per heavy atom. The quantitative estimate of drug-likeness (QED) is 0.780. The summed E-state index contributed by atoms with van der Waals surface area (Å²) in [7, 11) is 0. The Kier molecular flexibility index (Phi) is 6.92. The second-order valence-corrected chi connectivity index (χ2v) is 9.54. The molecule has 3 heteroatoms. The van der Waals surface area contributed by atoms with Crippen molar-refractivity contribution < 1.29 is 9.90 Å². The van der Waals surface area contributed by atoms with Crippen LogP contribution in [-0.2, 0) is 4.79 Å². The molecule has 0 aliphatic rings. The van der Waals surface area contributed by atoms with Crippen molar-refractivity contribution in [2.24, 2.45) is 0 Å². The molecule has 1 N–H and O–H groups in total. The first kappa shape index (κ1) is 13.3. The number of carboxylic acid groups (broad SMARTS) is 1. The van der Waals surface area contributed by atoms with Gasteiger partial charge in [-0.05, 0) is 0 Å². The van der Waals surface area contributed by atoms with E-state index in [1.807, 2.05) is 0 Å². The van der Waals surface area contributed by atoms with E-state index < -0.39 is 5.97 Å². The maximum absolute atomic E-state index is 11.1. The molecule has 0 spiro atoms. The Bertz CT molecular complexity index is 149. The third-order valence-electron chi connectivity index (χ3n) is 2.68. The number of carboxylic acids is 1. The fraction of sp³-hybridized carbons (Fsp3) is 0.900. The number of aliphatic carboxylic acids is 1. The molecule has 0 aliphatic heterocycles. The van der Waals surface area contributed by atoms with E-state index in [2.05, 4.69) is 13.8 Å². The summed E-state index contributed by atoms with van der Waals surface area (Å²) in [6.07, 6.45) is 6.19. The Morgan fingerprint density at radius 1 is 1.23 bits per heavy atom. The average molecular weight is 288 g/mol. The third-order valence-corrected chi connectivity index (χ3v) is 6.76. The molecule has 0 rings (SSSR count). The van der Waals surface area contributed by atoms with Crippen molar-refractivity contribution in [3.8, 4) is 0 Å². The zero-order valence-corrected chi connectivity index (χ0v) is 14.8. The Balaban J connectivity index is 4.08. The van der Waals surface area contributed by atoms with Gasteiger partial charge in [0.15, 0.2) is 0 Å². The van der Waals surface area contributed by atoms with Gasteiger partial charge < -0.3 is 0 Å². The molecule has 0 aromatic carbocycles. The van der Waals surface area contributed by atoms with Crippen molar-refractivity contribution in [3.63, 3.8) is 0 Å². The van der Waals surface area contributed by atoms with E-state index in [0.29, 0.717) is 0 Å². The molecule has 0 radical (unpaired) electrons. The fourth-order valence-electron chi connectivity index (χ4n) is 1.47. The number of unbranched alkanes of at least 4 members (excludes halogenated alkanes) is 2. The van der Waals surface area contributed by atoms with Gasteiger partial charge >= 0.3 is 95.8 Å². The number of hydrogen-bond acceptors (Lipinski definition) is 1. The first-order valence-corrected chi connectivity index (χ1v) is 8.15. The molecule has 0 aromatic rings. The van der Waals surface area contributed by atoms with Crippen LogP contribution >= 0.6 is 0 Å². The van der Waals surface area contributed by atoms with E-state index in [0.717, 1.165) is 38.5 Å². The normalized spacial score (nSPS) is 11.5. The van der Waals surface area contributed by atoms with Gasteiger partial charge in [-0.2, -0.15) is 0 Å². The molecule has 76 valence electrons. The molecule has 0 heterocycles.